The molecule has 3 nitrogen and oxygen atoms in total. The van der Waals surface area contributed by atoms with Crippen LogP contribution in [0.25, 0.3) is 16.9 Å². The van der Waals surface area contributed by atoms with Gasteiger partial charge in [0.15, 0.2) is 17.3 Å². The minimum Gasteiger partial charge on any atom is -0.383 e. The molecule has 96 valence electrons. The van der Waals surface area contributed by atoms with E-state index in [1.165, 1.54) is 6.07 Å². The topological polar surface area (TPSA) is 43.3 Å². The molecule has 0 aliphatic heterocycles. The predicted octanol–water partition coefficient (Wildman–Crippen LogP) is 3.52. The summed E-state index contributed by atoms with van der Waals surface area (Å²) in [7, 11) is 0. The van der Waals surface area contributed by atoms with Crippen molar-refractivity contribution < 1.29 is 8.78 Å². The average Bonchev–Trinajstić information content (AvgIpc) is 2.72. The van der Waals surface area contributed by atoms with Crippen LogP contribution in [0.5, 0.6) is 0 Å². The summed E-state index contributed by atoms with van der Waals surface area (Å²) in [5, 5.41) is 0.433. The number of anilines is 1. The molecule has 3 rings (SSSR count). The maximum Gasteiger partial charge on any atom is 0.159 e. The number of fused-ring (bicyclic) bond motifs is 1. The van der Waals surface area contributed by atoms with Crippen LogP contribution in [-0.4, -0.2) is 9.38 Å². The summed E-state index contributed by atoms with van der Waals surface area (Å²) in [5.74, 6) is -1.53. The molecule has 2 heterocycles. The van der Waals surface area contributed by atoms with Gasteiger partial charge in [-0.1, -0.05) is 11.6 Å². The van der Waals surface area contributed by atoms with Crippen LogP contribution in [0.1, 0.15) is 0 Å². The standard InChI is InChI=1S/C13H8ClF2N3/c14-8-2-1-5-19-12(17)11(18-13(8)19)7-3-4-9(15)10(16)6-7/h1-6H,17H2. The van der Waals surface area contributed by atoms with Crippen molar-refractivity contribution >= 4 is 23.1 Å². The Bertz CT molecular complexity index is 783. The molecule has 0 saturated heterocycles. The number of rotatable bonds is 1. The van der Waals surface area contributed by atoms with Gasteiger partial charge in [-0.05, 0) is 30.3 Å². The normalized spacial score (nSPS) is 11.1. The molecule has 1 aromatic carbocycles. The molecular formula is C13H8ClF2N3. The molecule has 0 spiro atoms. The van der Waals surface area contributed by atoms with Crippen molar-refractivity contribution in [3.8, 4) is 11.3 Å². The van der Waals surface area contributed by atoms with E-state index in [0.717, 1.165) is 12.1 Å². The SMILES string of the molecule is Nc1c(-c2ccc(F)c(F)c2)nc2c(Cl)cccn12. The molecular weight excluding hydrogens is 272 g/mol. The Balaban J connectivity index is 2.28. The van der Waals surface area contributed by atoms with Gasteiger partial charge in [0, 0.05) is 11.8 Å². The lowest BCUT2D eigenvalue weighted by Crippen LogP contribution is -1.94. The molecule has 2 aromatic heterocycles. The molecule has 0 atom stereocenters. The Hall–Kier alpha value is -2.14. The van der Waals surface area contributed by atoms with E-state index in [-0.39, 0.29) is 0 Å². The van der Waals surface area contributed by atoms with E-state index in [1.54, 1.807) is 22.7 Å². The lowest BCUT2D eigenvalue weighted by atomic mass is 10.1. The Labute approximate surface area is 112 Å². The highest BCUT2D eigenvalue weighted by molar-refractivity contribution is 6.33. The maximum absolute atomic E-state index is 13.3. The van der Waals surface area contributed by atoms with Gasteiger partial charge in [0.2, 0.25) is 0 Å². The van der Waals surface area contributed by atoms with Crippen LogP contribution < -0.4 is 5.73 Å². The van der Waals surface area contributed by atoms with Gasteiger partial charge in [-0.15, -0.1) is 0 Å². The molecule has 3 aromatic rings. The van der Waals surface area contributed by atoms with E-state index in [0.29, 0.717) is 27.7 Å². The number of nitrogens with two attached hydrogens (primary N) is 1. The molecule has 19 heavy (non-hydrogen) atoms. The van der Waals surface area contributed by atoms with Crippen molar-refractivity contribution in [3.63, 3.8) is 0 Å². The molecule has 0 bridgehead atoms. The maximum atomic E-state index is 13.3. The Morgan fingerprint density at radius 1 is 1.16 bits per heavy atom. The first-order chi connectivity index (χ1) is 9.08. The van der Waals surface area contributed by atoms with E-state index in [1.807, 2.05) is 0 Å². The summed E-state index contributed by atoms with van der Waals surface area (Å²) in [6.45, 7) is 0. The van der Waals surface area contributed by atoms with Gasteiger partial charge < -0.3 is 5.73 Å². The summed E-state index contributed by atoms with van der Waals surface area (Å²) in [6.07, 6.45) is 1.70. The molecule has 0 radical (unpaired) electrons. The quantitative estimate of drug-likeness (QED) is 0.741. The Morgan fingerprint density at radius 2 is 1.95 bits per heavy atom. The highest BCUT2D eigenvalue weighted by Gasteiger charge is 2.14. The number of halogens is 3. The van der Waals surface area contributed by atoms with Gasteiger partial charge in [0.1, 0.15) is 11.5 Å². The van der Waals surface area contributed by atoms with Gasteiger partial charge >= 0.3 is 0 Å². The second-order valence-corrected chi connectivity index (χ2v) is 4.43. The lowest BCUT2D eigenvalue weighted by Gasteiger charge is -2.00. The molecule has 0 saturated carbocycles. The summed E-state index contributed by atoms with van der Waals surface area (Å²) in [4.78, 5) is 4.27. The van der Waals surface area contributed by atoms with E-state index < -0.39 is 11.6 Å². The van der Waals surface area contributed by atoms with Crippen LogP contribution in [0.3, 0.4) is 0 Å². The van der Waals surface area contributed by atoms with Crippen molar-refractivity contribution in [3.05, 3.63) is 53.2 Å². The summed E-state index contributed by atoms with van der Waals surface area (Å²) < 4.78 is 27.8. The number of pyridine rings is 1. The fraction of sp³-hybridized carbons (Fsp3) is 0. The predicted molar refractivity (Wildman–Crippen MR) is 70.0 cm³/mol. The van der Waals surface area contributed by atoms with Crippen LogP contribution in [0.15, 0.2) is 36.5 Å². The fourth-order valence-corrected chi connectivity index (χ4v) is 2.11. The van der Waals surface area contributed by atoms with Crippen molar-refractivity contribution in [2.45, 2.75) is 0 Å². The van der Waals surface area contributed by atoms with E-state index in [2.05, 4.69) is 4.98 Å². The molecule has 2 N–H and O–H groups in total. The number of aromatic nitrogens is 2. The summed E-state index contributed by atoms with van der Waals surface area (Å²) in [5.41, 5.74) is 7.19. The Kier molecular flexibility index (Phi) is 2.64. The number of hydrogen-bond acceptors (Lipinski definition) is 2. The minimum absolute atomic E-state index is 0.323. The van der Waals surface area contributed by atoms with E-state index >= 15 is 0 Å². The van der Waals surface area contributed by atoms with Crippen LogP contribution >= 0.6 is 11.6 Å². The van der Waals surface area contributed by atoms with Crippen molar-refractivity contribution in [1.29, 1.82) is 0 Å². The molecule has 6 heteroatoms. The summed E-state index contributed by atoms with van der Waals surface area (Å²) >= 11 is 6.01. The van der Waals surface area contributed by atoms with Crippen LogP contribution in [-0.2, 0) is 0 Å². The third-order valence-electron chi connectivity index (χ3n) is 2.83. The third kappa shape index (κ3) is 1.82. The average molecular weight is 280 g/mol. The van der Waals surface area contributed by atoms with Crippen LogP contribution in [0, 0.1) is 11.6 Å². The largest absolute Gasteiger partial charge is 0.383 e. The minimum atomic E-state index is -0.944. The van der Waals surface area contributed by atoms with Gasteiger partial charge in [-0.25, -0.2) is 13.8 Å². The van der Waals surface area contributed by atoms with Crippen molar-refractivity contribution in [2.75, 3.05) is 5.73 Å². The van der Waals surface area contributed by atoms with E-state index in [9.17, 15) is 8.78 Å². The molecule has 0 aliphatic rings. The van der Waals surface area contributed by atoms with E-state index in [4.69, 9.17) is 17.3 Å². The number of imidazole rings is 1. The van der Waals surface area contributed by atoms with Gasteiger partial charge in [-0.3, -0.25) is 4.40 Å². The third-order valence-corrected chi connectivity index (χ3v) is 3.13. The first-order valence-electron chi connectivity index (χ1n) is 5.45. The zero-order valence-electron chi connectivity index (χ0n) is 9.57. The molecule has 0 amide bonds. The monoisotopic (exact) mass is 279 g/mol. The van der Waals surface area contributed by atoms with Crippen molar-refractivity contribution in [1.82, 2.24) is 9.38 Å². The van der Waals surface area contributed by atoms with Gasteiger partial charge in [0.05, 0.1) is 5.02 Å². The highest BCUT2D eigenvalue weighted by atomic mass is 35.5. The second kappa shape index (κ2) is 4.20. The highest BCUT2D eigenvalue weighted by Crippen LogP contribution is 2.29. The summed E-state index contributed by atoms with van der Waals surface area (Å²) in [6, 6.07) is 6.92. The van der Waals surface area contributed by atoms with Gasteiger partial charge in [-0.2, -0.15) is 0 Å². The first kappa shape index (κ1) is 11.9. The first-order valence-corrected chi connectivity index (χ1v) is 5.83. The molecule has 0 unspecified atom stereocenters. The van der Waals surface area contributed by atoms with Crippen LogP contribution in [0.4, 0.5) is 14.6 Å². The number of nitrogens with zero attached hydrogens (tertiary/aromatic N) is 2. The van der Waals surface area contributed by atoms with Gasteiger partial charge in [0.25, 0.3) is 0 Å². The van der Waals surface area contributed by atoms with Crippen molar-refractivity contribution in [2.24, 2.45) is 0 Å². The van der Waals surface area contributed by atoms with Crippen LogP contribution in [0.2, 0.25) is 5.02 Å². The molecule has 0 fully saturated rings. The number of nitrogen functional groups attached to an aromatic ring is 1. The molecule has 0 aliphatic carbocycles. The smallest absolute Gasteiger partial charge is 0.159 e. The number of hydrogen-bond donors (Lipinski definition) is 1. The zero-order valence-corrected chi connectivity index (χ0v) is 10.3. The fourth-order valence-electron chi connectivity index (χ4n) is 1.91. The number of benzene rings is 1. The second-order valence-electron chi connectivity index (χ2n) is 4.02. The zero-order chi connectivity index (χ0) is 13.6. The Morgan fingerprint density at radius 3 is 2.63 bits per heavy atom. The lowest BCUT2D eigenvalue weighted by molar-refractivity contribution is 0.509.